The average molecular weight is 355 g/mol. The van der Waals surface area contributed by atoms with Crippen molar-refractivity contribution < 1.29 is 9.50 Å². The van der Waals surface area contributed by atoms with Crippen molar-refractivity contribution in [1.82, 2.24) is 14.8 Å². The summed E-state index contributed by atoms with van der Waals surface area (Å²) in [6.45, 7) is 1.74. The summed E-state index contributed by atoms with van der Waals surface area (Å²) in [6, 6.07) is 5.03. The standard InChI is InChI=1S/C17H24ClFN4O/c1-21-9-4-3-6-12(21)11-23-16(20-22(2)17(23)24)10-13-14(18)7-5-8-15(13)19/h5,7-8,12,17,24H,3-4,6,9-11H2,1-2H3. The van der Waals surface area contributed by atoms with Gasteiger partial charge in [-0.15, -0.1) is 0 Å². The topological polar surface area (TPSA) is 42.3 Å². The molecule has 0 aromatic heterocycles. The zero-order valence-electron chi connectivity index (χ0n) is 14.1. The fourth-order valence-corrected chi connectivity index (χ4v) is 3.65. The molecule has 2 aliphatic heterocycles. The van der Waals surface area contributed by atoms with Crippen LogP contribution in [-0.4, -0.2) is 65.3 Å². The second-order valence-corrected chi connectivity index (χ2v) is 7.00. The van der Waals surface area contributed by atoms with Gasteiger partial charge in [0, 0.05) is 36.6 Å². The smallest absolute Gasteiger partial charge is 0.223 e. The quantitative estimate of drug-likeness (QED) is 0.901. The van der Waals surface area contributed by atoms with E-state index in [-0.39, 0.29) is 12.2 Å². The van der Waals surface area contributed by atoms with E-state index < -0.39 is 6.35 Å². The molecule has 2 atom stereocenters. The molecule has 0 radical (unpaired) electrons. The van der Waals surface area contributed by atoms with Crippen molar-refractivity contribution in [3.05, 3.63) is 34.6 Å². The Labute approximate surface area is 147 Å². The second-order valence-electron chi connectivity index (χ2n) is 6.60. The van der Waals surface area contributed by atoms with Gasteiger partial charge in [-0.1, -0.05) is 24.1 Å². The summed E-state index contributed by atoms with van der Waals surface area (Å²) < 4.78 is 14.1. The number of aliphatic hydroxyl groups is 1. The Kier molecular flexibility index (Phi) is 5.27. The number of likely N-dealkylation sites (N-methyl/N-ethyl adjacent to an activating group) is 1. The van der Waals surface area contributed by atoms with Crippen LogP contribution in [0.2, 0.25) is 5.02 Å². The molecule has 132 valence electrons. The second kappa shape index (κ2) is 7.25. The van der Waals surface area contributed by atoms with E-state index in [2.05, 4.69) is 17.0 Å². The van der Waals surface area contributed by atoms with Crippen LogP contribution in [0.25, 0.3) is 0 Å². The van der Waals surface area contributed by atoms with Crippen LogP contribution < -0.4 is 0 Å². The van der Waals surface area contributed by atoms with Crippen LogP contribution >= 0.6 is 11.6 Å². The monoisotopic (exact) mass is 354 g/mol. The van der Waals surface area contributed by atoms with Crippen molar-refractivity contribution in [3.8, 4) is 0 Å². The van der Waals surface area contributed by atoms with Gasteiger partial charge in [-0.25, -0.2) is 4.39 Å². The molecule has 0 bridgehead atoms. The third-order valence-corrected chi connectivity index (χ3v) is 5.30. The lowest BCUT2D eigenvalue weighted by Crippen LogP contribution is -2.50. The number of hydrazone groups is 1. The third kappa shape index (κ3) is 3.50. The summed E-state index contributed by atoms with van der Waals surface area (Å²) in [7, 11) is 3.83. The first-order valence-electron chi connectivity index (χ1n) is 8.35. The Morgan fingerprint density at radius 1 is 1.33 bits per heavy atom. The summed E-state index contributed by atoms with van der Waals surface area (Å²) in [5, 5.41) is 16.7. The lowest BCUT2D eigenvalue weighted by Gasteiger charge is -2.37. The molecule has 0 saturated carbocycles. The van der Waals surface area contributed by atoms with Crippen molar-refractivity contribution in [3.63, 3.8) is 0 Å². The number of hydrogen-bond donors (Lipinski definition) is 1. The van der Waals surface area contributed by atoms with Crippen molar-refractivity contribution in [2.45, 2.75) is 38.1 Å². The maximum atomic E-state index is 14.1. The summed E-state index contributed by atoms with van der Waals surface area (Å²) in [4.78, 5) is 4.18. The highest BCUT2D eigenvalue weighted by molar-refractivity contribution is 6.31. The van der Waals surface area contributed by atoms with E-state index >= 15 is 0 Å². The highest BCUT2D eigenvalue weighted by Crippen LogP contribution is 2.25. The molecule has 7 heteroatoms. The molecule has 2 unspecified atom stereocenters. The Morgan fingerprint density at radius 3 is 2.83 bits per heavy atom. The summed E-state index contributed by atoms with van der Waals surface area (Å²) in [6.07, 6.45) is 2.95. The molecule has 1 N–H and O–H groups in total. The predicted octanol–water partition coefficient (Wildman–Crippen LogP) is 2.34. The van der Waals surface area contributed by atoms with Crippen LogP contribution in [0.4, 0.5) is 4.39 Å². The van der Waals surface area contributed by atoms with Crippen molar-refractivity contribution in [1.29, 1.82) is 0 Å². The van der Waals surface area contributed by atoms with Crippen molar-refractivity contribution in [2.24, 2.45) is 5.10 Å². The number of nitrogens with zero attached hydrogens (tertiary/aromatic N) is 4. The highest BCUT2D eigenvalue weighted by atomic mass is 35.5. The molecule has 24 heavy (non-hydrogen) atoms. The van der Waals surface area contributed by atoms with Gasteiger partial charge in [0.2, 0.25) is 6.35 Å². The number of halogens is 2. The van der Waals surface area contributed by atoms with E-state index in [1.54, 1.807) is 19.2 Å². The largest absolute Gasteiger partial charge is 0.355 e. The molecule has 1 saturated heterocycles. The number of amidine groups is 1. The van der Waals surface area contributed by atoms with Gasteiger partial charge in [-0.05, 0) is 38.6 Å². The minimum atomic E-state index is -0.819. The molecule has 2 heterocycles. The van der Waals surface area contributed by atoms with Gasteiger partial charge >= 0.3 is 0 Å². The normalized spacial score (nSPS) is 25.3. The predicted molar refractivity (Wildman–Crippen MR) is 93.3 cm³/mol. The molecule has 1 aromatic carbocycles. The van der Waals surface area contributed by atoms with E-state index in [0.29, 0.717) is 29.0 Å². The molecule has 3 rings (SSSR count). The Morgan fingerprint density at radius 2 is 2.12 bits per heavy atom. The first kappa shape index (κ1) is 17.5. The average Bonchev–Trinajstić information content (AvgIpc) is 2.81. The van der Waals surface area contributed by atoms with Crippen LogP contribution in [0.5, 0.6) is 0 Å². The molecular weight excluding hydrogens is 331 g/mol. The Balaban J connectivity index is 1.78. The molecule has 5 nitrogen and oxygen atoms in total. The van der Waals surface area contributed by atoms with Crippen LogP contribution in [0.1, 0.15) is 24.8 Å². The van der Waals surface area contributed by atoms with Gasteiger partial charge in [0.15, 0.2) is 0 Å². The van der Waals surface area contributed by atoms with Gasteiger partial charge in [-0.2, -0.15) is 5.10 Å². The maximum absolute atomic E-state index is 14.1. The SMILES string of the molecule is CN1CCCCC1CN1C(Cc2c(F)cccc2Cl)=NN(C)C1O. The lowest BCUT2D eigenvalue weighted by atomic mass is 10.0. The first-order chi connectivity index (χ1) is 11.5. The Hall–Kier alpha value is -1.37. The van der Waals surface area contributed by atoms with Gasteiger partial charge in [0.25, 0.3) is 0 Å². The maximum Gasteiger partial charge on any atom is 0.223 e. The first-order valence-corrected chi connectivity index (χ1v) is 8.73. The van der Waals surface area contributed by atoms with Crippen molar-refractivity contribution in [2.75, 3.05) is 27.2 Å². The summed E-state index contributed by atoms with van der Waals surface area (Å²) in [5.41, 5.74) is 0.419. The number of benzene rings is 1. The van der Waals surface area contributed by atoms with E-state index in [1.165, 1.54) is 23.9 Å². The molecule has 1 aromatic rings. The lowest BCUT2D eigenvalue weighted by molar-refractivity contribution is -0.0542. The zero-order chi connectivity index (χ0) is 17.3. The Bertz CT molecular complexity index is 606. The van der Waals surface area contributed by atoms with Crippen LogP contribution in [0.3, 0.4) is 0 Å². The number of hydrogen-bond acceptors (Lipinski definition) is 5. The number of piperidine rings is 1. The molecule has 1 fully saturated rings. The van der Waals surface area contributed by atoms with Crippen molar-refractivity contribution >= 4 is 17.4 Å². The minimum absolute atomic E-state index is 0.267. The third-order valence-electron chi connectivity index (χ3n) is 4.94. The number of likely N-dealkylation sites (tertiary alicyclic amines) is 1. The van der Waals surface area contributed by atoms with E-state index in [0.717, 1.165) is 13.0 Å². The van der Waals surface area contributed by atoms with E-state index in [1.807, 2.05) is 4.90 Å². The zero-order valence-corrected chi connectivity index (χ0v) is 14.9. The van der Waals surface area contributed by atoms with Gasteiger partial charge in [0.1, 0.15) is 11.7 Å². The molecule has 0 spiro atoms. The number of aliphatic hydroxyl groups excluding tert-OH is 1. The molecule has 2 aliphatic rings. The minimum Gasteiger partial charge on any atom is -0.355 e. The summed E-state index contributed by atoms with van der Waals surface area (Å²) >= 11 is 6.15. The van der Waals surface area contributed by atoms with Gasteiger partial charge < -0.3 is 14.9 Å². The van der Waals surface area contributed by atoms with E-state index in [9.17, 15) is 9.50 Å². The molecule has 0 aliphatic carbocycles. The molecular formula is C17H24ClFN4O. The fraction of sp³-hybridized carbons (Fsp3) is 0.588. The van der Waals surface area contributed by atoms with Crippen LogP contribution in [-0.2, 0) is 6.42 Å². The number of rotatable bonds is 4. The molecule has 0 amide bonds. The van der Waals surface area contributed by atoms with Gasteiger partial charge in [-0.3, -0.25) is 5.01 Å². The highest BCUT2D eigenvalue weighted by Gasteiger charge is 2.34. The van der Waals surface area contributed by atoms with Crippen LogP contribution in [0.15, 0.2) is 23.3 Å². The van der Waals surface area contributed by atoms with Gasteiger partial charge in [0.05, 0.1) is 0 Å². The van der Waals surface area contributed by atoms with E-state index in [4.69, 9.17) is 11.6 Å². The van der Waals surface area contributed by atoms with Crippen LogP contribution in [0, 0.1) is 5.82 Å². The summed E-state index contributed by atoms with van der Waals surface area (Å²) in [5.74, 6) is 0.306. The fourth-order valence-electron chi connectivity index (χ4n) is 3.42.